The number of carbonyl (C=O) groups excluding carboxylic acids is 2. The number of rotatable bonds is 38. The van der Waals surface area contributed by atoms with Crippen molar-refractivity contribution in [2.45, 2.75) is 213 Å². The molecule has 322 valence electrons. The average Bonchev–Trinajstić information content (AvgIpc) is 3.16. The quantitative estimate of drug-likeness (QED) is 0.0376. The molecule has 0 aliphatic heterocycles. The summed E-state index contributed by atoms with van der Waals surface area (Å²) in [5.74, 6) is 2.56. The Morgan fingerprint density at radius 2 is 1.02 bits per heavy atom. The molecule has 4 fully saturated rings. The van der Waals surface area contributed by atoms with Crippen molar-refractivity contribution >= 4 is 11.9 Å². The lowest BCUT2D eigenvalue weighted by atomic mass is 9.50. The van der Waals surface area contributed by atoms with Gasteiger partial charge in [-0.2, -0.15) is 0 Å². The molecule has 4 aliphatic rings. The summed E-state index contributed by atoms with van der Waals surface area (Å²) in [6.07, 6.45) is 33.6. The number of aliphatic hydroxyl groups excluding tert-OH is 1. The fraction of sp³-hybridized carbons (Fsp3) is 0.957. The van der Waals surface area contributed by atoms with Gasteiger partial charge in [-0.05, 0) is 108 Å². The summed E-state index contributed by atoms with van der Waals surface area (Å²) in [4.78, 5) is 27.4. The maximum atomic E-state index is 12.5. The zero-order valence-corrected chi connectivity index (χ0v) is 36.0. The molecule has 4 aliphatic carbocycles. The van der Waals surface area contributed by atoms with Crippen LogP contribution in [0, 0.1) is 23.2 Å². The molecule has 0 unspecified atom stereocenters. The van der Waals surface area contributed by atoms with Crippen LogP contribution in [0.15, 0.2) is 0 Å². The Morgan fingerprint density at radius 1 is 0.564 bits per heavy atom. The van der Waals surface area contributed by atoms with Crippen LogP contribution in [0.5, 0.6) is 0 Å². The Balaban J connectivity index is 1.14. The molecule has 8 heteroatoms. The summed E-state index contributed by atoms with van der Waals surface area (Å²) >= 11 is 0. The molecule has 4 saturated carbocycles. The van der Waals surface area contributed by atoms with Gasteiger partial charge in [-0.1, -0.05) is 110 Å². The number of esters is 2. The van der Waals surface area contributed by atoms with Crippen LogP contribution >= 0.6 is 0 Å². The van der Waals surface area contributed by atoms with E-state index in [9.17, 15) is 14.7 Å². The van der Waals surface area contributed by atoms with E-state index in [0.717, 1.165) is 108 Å². The number of carbonyl (C=O) groups is 2. The third kappa shape index (κ3) is 22.5. The first kappa shape index (κ1) is 48.2. The second-order valence-electron chi connectivity index (χ2n) is 18.0. The van der Waals surface area contributed by atoms with E-state index in [4.69, 9.17) is 18.9 Å². The number of unbranched alkanes of at least 4 members (excludes halogenated alkanes) is 17. The van der Waals surface area contributed by atoms with Gasteiger partial charge >= 0.3 is 11.9 Å². The molecule has 0 heterocycles. The highest BCUT2D eigenvalue weighted by molar-refractivity contribution is 5.69. The Bertz CT molecular complexity index is 906. The largest absolute Gasteiger partial charge is 0.466 e. The maximum Gasteiger partial charge on any atom is 0.305 e. The summed E-state index contributed by atoms with van der Waals surface area (Å²) in [5.41, 5.74) is 0.315. The fourth-order valence-electron chi connectivity index (χ4n) is 10.1. The predicted molar refractivity (Wildman–Crippen MR) is 224 cm³/mol. The van der Waals surface area contributed by atoms with E-state index in [1.165, 1.54) is 103 Å². The second kappa shape index (κ2) is 30.8. The summed E-state index contributed by atoms with van der Waals surface area (Å²) in [6, 6.07) is 0. The molecule has 0 aromatic carbocycles. The molecule has 1 N–H and O–H groups in total. The SMILES string of the molecule is CCCCCCCCOC(CCC(=O)OCCCCCCN(CCO)CCCCCCCC(=O)OCC12CC3CC(CC(C3)C1)C2)OCCCCCCCC. The van der Waals surface area contributed by atoms with E-state index in [2.05, 4.69) is 18.7 Å². The molecule has 4 bridgehead atoms. The van der Waals surface area contributed by atoms with Gasteiger partial charge in [0.25, 0.3) is 0 Å². The van der Waals surface area contributed by atoms with Crippen LogP contribution in [-0.4, -0.2) is 80.9 Å². The van der Waals surface area contributed by atoms with Gasteiger partial charge in [0.2, 0.25) is 0 Å². The average molecular weight is 778 g/mol. The molecule has 0 atom stereocenters. The third-order valence-corrected chi connectivity index (χ3v) is 12.8. The summed E-state index contributed by atoms with van der Waals surface area (Å²) in [5, 5.41) is 9.58. The van der Waals surface area contributed by atoms with Gasteiger partial charge in [0, 0.05) is 38.0 Å². The predicted octanol–water partition coefficient (Wildman–Crippen LogP) is 11.3. The van der Waals surface area contributed by atoms with E-state index in [0.29, 0.717) is 51.1 Å². The van der Waals surface area contributed by atoms with Gasteiger partial charge in [0.15, 0.2) is 6.29 Å². The Labute approximate surface area is 338 Å². The normalized spacial score (nSPS) is 21.6. The van der Waals surface area contributed by atoms with Crippen LogP contribution in [0.2, 0.25) is 0 Å². The highest BCUT2D eigenvalue weighted by Gasteiger charge is 2.51. The summed E-state index contributed by atoms with van der Waals surface area (Å²) in [7, 11) is 0. The highest BCUT2D eigenvalue weighted by Crippen LogP contribution is 2.60. The van der Waals surface area contributed by atoms with Crippen LogP contribution in [0.3, 0.4) is 0 Å². The van der Waals surface area contributed by atoms with Crippen LogP contribution in [-0.2, 0) is 28.5 Å². The number of hydrogen-bond donors (Lipinski definition) is 1. The summed E-state index contributed by atoms with van der Waals surface area (Å²) < 4.78 is 23.6. The van der Waals surface area contributed by atoms with Crippen molar-refractivity contribution in [1.29, 1.82) is 0 Å². The van der Waals surface area contributed by atoms with Gasteiger partial charge in [-0.3, -0.25) is 9.59 Å². The summed E-state index contributed by atoms with van der Waals surface area (Å²) in [6.45, 7) is 9.94. The van der Waals surface area contributed by atoms with Gasteiger partial charge in [0.05, 0.1) is 26.2 Å². The standard InChI is InChI=1S/C47H87NO7/c1-3-5-7-9-15-22-32-53-46(54-33-23-16-10-8-6-4-2)26-25-45(51)52-31-21-17-14-20-28-48(29-30-49)27-19-13-11-12-18-24-44(50)55-40-47-37-41-34-42(38-47)36-43(35-41)39-47/h41-43,46,49H,3-40H2,1-2H3. The van der Waals surface area contributed by atoms with E-state index in [1.807, 2.05) is 0 Å². The van der Waals surface area contributed by atoms with E-state index >= 15 is 0 Å². The van der Waals surface area contributed by atoms with Crippen molar-refractivity contribution in [3.63, 3.8) is 0 Å². The number of ether oxygens (including phenoxy) is 4. The lowest BCUT2D eigenvalue weighted by Gasteiger charge is -2.56. The molecule has 0 radical (unpaired) electrons. The van der Waals surface area contributed by atoms with Crippen molar-refractivity contribution in [3.05, 3.63) is 0 Å². The Morgan fingerprint density at radius 3 is 1.55 bits per heavy atom. The second-order valence-corrected chi connectivity index (χ2v) is 18.0. The minimum Gasteiger partial charge on any atom is -0.466 e. The molecule has 0 saturated heterocycles. The smallest absolute Gasteiger partial charge is 0.305 e. The van der Waals surface area contributed by atoms with Crippen LogP contribution in [0.25, 0.3) is 0 Å². The molecule has 0 aromatic rings. The van der Waals surface area contributed by atoms with Crippen LogP contribution < -0.4 is 0 Å². The molecular weight excluding hydrogens is 691 g/mol. The van der Waals surface area contributed by atoms with E-state index in [-0.39, 0.29) is 24.8 Å². The van der Waals surface area contributed by atoms with Gasteiger partial charge in [-0.15, -0.1) is 0 Å². The molecule has 55 heavy (non-hydrogen) atoms. The van der Waals surface area contributed by atoms with Crippen LogP contribution in [0.1, 0.15) is 206 Å². The van der Waals surface area contributed by atoms with Crippen molar-refractivity contribution in [3.8, 4) is 0 Å². The molecule has 4 rings (SSSR count). The van der Waals surface area contributed by atoms with Crippen molar-refractivity contribution < 1.29 is 33.6 Å². The molecule has 0 amide bonds. The van der Waals surface area contributed by atoms with Gasteiger partial charge < -0.3 is 29.0 Å². The van der Waals surface area contributed by atoms with E-state index < -0.39 is 0 Å². The molecular formula is C47H87NO7. The van der Waals surface area contributed by atoms with Gasteiger partial charge in [-0.25, -0.2) is 0 Å². The fourth-order valence-corrected chi connectivity index (χ4v) is 10.1. The zero-order chi connectivity index (χ0) is 39.2. The topological polar surface area (TPSA) is 94.5 Å². The van der Waals surface area contributed by atoms with Crippen molar-refractivity contribution in [1.82, 2.24) is 4.90 Å². The monoisotopic (exact) mass is 778 g/mol. The van der Waals surface area contributed by atoms with E-state index in [1.54, 1.807) is 0 Å². The zero-order valence-electron chi connectivity index (χ0n) is 36.0. The first-order chi connectivity index (χ1) is 26.9. The van der Waals surface area contributed by atoms with Crippen LogP contribution in [0.4, 0.5) is 0 Å². The number of hydrogen-bond acceptors (Lipinski definition) is 8. The van der Waals surface area contributed by atoms with Gasteiger partial charge in [0.1, 0.15) is 0 Å². The minimum atomic E-state index is -0.322. The first-order valence-corrected chi connectivity index (χ1v) is 23.8. The molecule has 8 nitrogen and oxygen atoms in total. The number of aliphatic hydroxyl groups is 1. The Hall–Kier alpha value is -1.22. The lowest BCUT2D eigenvalue weighted by Crippen LogP contribution is -2.48. The number of nitrogens with zero attached hydrogens (tertiary/aromatic N) is 1. The van der Waals surface area contributed by atoms with Crippen molar-refractivity contribution in [2.75, 3.05) is 52.7 Å². The minimum absolute atomic E-state index is 0.0139. The lowest BCUT2D eigenvalue weighted by molar-refractivity contribution is -0.159. The molecule has 0 aromatic heterocycles. The third-order valence-electron chi connectivity index (χ3n) is 12.8. The Kier molecular flexibility index (Phi) is 27.0. The first-order valence-electron chi connectivity index (χ1n) is 23.8. The maximum absolute atomic E-state index is 12.5. The van der Waals surface area contributed by atoms with Crippen molar-refractivity contribution in [2.24, 2.45) is 23.2 Å². The molecule has 0 spiro atoms. The highest BCUT2D eigenvalue weighted by atomic mass is 16.7.